The first-order chi connectivity index (χ1) is 9.00. The van der Waals surface area contributed by atoms with Crippen LogP contribution in [0, 0.1) is 30.1 Å². The first-order valence-corrected chi connectivity index (χ1v) is 7.78. The fourth-order valence-electron chi connectivity index (χ4n) is 4.47. The van der Waals surface area contributed by atoms with E-state index < -0.39 is 0 Å². The fourth-order valence-corrected chi connectivity index (χ4v) is 4.47. The maximum atomic E-state index is 3.83. The molecule has 1 heteroatoms. The van der Waals surface area contributed by atoms with Crippen molar-refractivity contribution in [3.63, 3.8) is 0 Å². The van der Waals surface area contributed by atoms with Crippen molar-refractivity contribution < 1.29 is 0 Å². The Bertz CT molecular complexity index is 463. The molecular weight excluding hydrogens is 230 g/mol. The lowest BCUT2D eigenvalue weighted by molar-refractivity contribution is -0.115. The van der Waals surface area contributed by atoms with Crippen molar-refractivity contribution in [3.8, 4) is 0 Å². The molecule has 0 aromatic heterocycles. The van der Waals surface area contributed by atoms with Gasteiger partial charge in [-0.3, -0.25) is 0 Å². The predicted molar refractivity (Wildman–Crippen MR) is 81.0 cm³/mol. The van der Waals surface area contributed by atoms with Gasteiger partial charge in [-0.15, -0.1) is 0 Å². The summed E-state index contributed by atoms with van der Waals surface area (Å²) in [7, 11) is 0. The molecule has 1 N–H and O–H groups in total. The summed E-state index contributed by atoms with van der Waals surface area (Å²) in [5.41, 5.74) is 3.46. The maximum Gasteiger partial charge on any atom is 0.0210 e. The van der Waals surface area contributed by atoms with Crippen molar-refractivity contribution in [2.45, 2.75) is 53.1 Å². The van der Waals surface area contributed by atoms with Crippen molar-refractivity contribution in [1.82, 2.24) is 5.32 Å². The lowest BCUT2D eigenvalue weighted by Crippen LogP contribution is -2.59. The highest BCUT2D eigenvalue weighted by Crippen LogP contribution is 2.61. The van der Waals surface area contributed by atoms with Crippen LogP contribution in [-0.2, 0) is 6.54 Å². The highest BCUT2D eigenvalue weighted by molar-refractivity contribution is 5.25. The van der Waals surface area contributed by atoms with Gasteiger partial charge in [-0.25, -0.2) is 0 Å². The average Bonchev–Trinajstić information content (AvgIpc) is 2.38. The molecule has 0 radical (unpaired) electrons. The molecule has 19 heavy (non-hydrogen) atoms. The average molecular weight is 257 g/mol. The van der Waals surface area contributed by atoms with Crippen LogP contribution in [0.5, 0.6) is 0 Å². The van der Waals surface area contributed by atoms with Gasteiger partial charge in [0.15, 0.2) is 0 Å². The lowest BCUT2D eigenvalue weighted by Gasteiger charge is -2.62. The van der Waals surface area contributed by atoms with Gasteiger partial charge in [-0.2, -0.15) is 0 Å². The van der Waals surface area contributed by atoms with Crippen molar-refractivity contribution in [2.75, 3.05) is 0 Å². The summed E-state index contributed by atoms with van der Waals surface area (Å²) in [6, 6.07) is 9.45. The Morgan fingerprint density at radius 2 is 1.95 bits per heavy atom. The zero-order valence-electron chi connectivity index (χ0n) is 12.7. The van der Waals surface area contributed by atoms with Gasteiger partial charge in [-0.1, -0.05) is 45.0 Å². The molecular formula is C18H27N. The second-order valence-corrected chi connectivity index (χ2v) is 7.37. The van der Waals surface area contributed by atoms with Crippen LogP contribution < -0.4 is 5.32 Å². The van der Waals surface area contributed by atoms with Gasteiger partial charge in [0.2, 0.25) is 0 Å². The third-order valence-electron chi connectivity index (χ3n) is 6.17. The first kappa shape index (κ1) is 13.2. The molecule has 0 spiro atoms. The number of hydrogen-bond donors (Lipinski definition) is 1. The molecule has 0 saturated heterocycles. The van der Waals surface area contributed by atoms with E-state index in [1.54, 1.807) is 0 Å². The van der Waals surface area contributed by atoms with E-state index in [-0.39, 0.29) is 0 Å². The molecule has 2 bridgehead atoms. The van der Waals surface area contributed by atoms with Gasteiger partial charge in [0.05, 0.1) is 0 Å². The third-order valence-corrected chi connectivity index (χ3v) is 6.17. The number of benzene rings is 1. The molecule has 0 aliphatic heterocycles. The van der Waals surface area contributed by atoms with Gasteiger partial charge >= 0.3 is 0 Å². The van der Waals surface area contributed by atoms with Gasteiger partial charge < -0.3 is 5.32 Å². The molecule has 3 aliphatic carbocycles. The van der Waals surface area contributed by atoms with E-state index in [2.05, 4.69) is 57.3 Å². The molecule has 3 fully saturated rings. The molecule has 4 atom stereocenters. The summed E-state index contributed by atoms with van der Waals surface area (Å²) in [6.07, 6.45) is 2.84. The van der Waals surface area contributed by atoms with Crippen LogP contribution in [0.1, 0.15) is 44.7 Å². The normalized spacial score (nSPS) is 35.8. The minimum absolute atomic E-state index is 0.597. The molecule has 0 heterocycles. The number of aryl methyl sites for hydroxylation is 1. The van der Waals surface area contributed by atoms with Crippen LogP contribution in [0.15, 0.2) is 24.3 Å². The Morgan fingerprint density at radius 3 is 2.58 bits per heavy atom. The van der Waals surface area contributed by atoms with E-state index >= 15 is 0 Å². The van der Waals surface area contributed by atoms with Crippen LogP contribution in [0.4, 0.5) is 0 Å². The molecule has 0 unspecified atom stereocenters. The second kappa shape index (κ2) is 4.63. The zero-order chi connectivity index (χ0) is 13.6. The van der Waals surface area contributed by atoms with Gasteiger partial charge in [0.1, 0.15) is 0 Å². The first-order valence-electron chi connectivity index (χ1n) is 7.78. The summed E-state index contributed by atoms with van der Waals surface area (Å²) < 4.78 is 0. The summed E-state index contributed by atoms with van der Waals surface area (Å²) in [4.78, 5) is 0. The summed E-state index contributed by atoms with van der Waals surface area (Å²) in [5, 5.41) is 3.83. The lowest BCUT2D eigenvalue weighted by atomic mass is 9.45. The number of nitrogens with one attached hydrogen (secondary N) is 1. The van der Waals surface area contributed by atoms with Crippen molar-refractivity contribution >= 4 is 0 Å². The highest BCUT2D eigenvalue weighted by Gasteiger charge is 2.55. The second-order valence-electron chi connectivity index (χ2n) is 7.37. The van der Waals surface area contributed by atoms with E-state index in [0.717, 1.165) is 30.3 Å². The Morgan fingerprint density at radius 1 is 1.21 bits per heavy atom. The van der Waals surface area contributed by atoms with E-state index in [4.69, 9.17) is 0 Å². The van der Waals surface area contributed by atoms with Crippen LogP contribution in [0.2, 0.25) is 0 Å². The molecule has 1 aromatic rings. The van der Waals surface area contributed by atoms with Crippen molar-refractivity contribution in [1.29, 1.82) is 0 Å². The van der Waals surface area contributed by atoms with E-state index in [0.29, 0.717) is 5.41 Å². The Hall–Kier alpha value is -0.820. The summed E-state index contributed by atoms with van der Waals surface area (Å²) in [5.74, 6) is 2.70. The Labute approximate surface area is 117 Å². The van der Waals surface area contributed by atoms with Crippen molar-refractivity contribution in [2.24, 2.45) is 23.2 Å². The number of hydrogen-bond acceptors (Lipinski definition) is 1. The standard InChI is InChI=1S/C18H27N/c1-12-7-5-6-8-14(12)11-19-17-10-15-9-16(13(17)2)18(15,3)4/h5-8,13,15-17,19H,9-11H2,1-4H3/t13-,15+,16-,17-/m0/s1. The quantitative estimate of drug-likeness (QED) is 0.857. The molecule has 3 saturated carbocycles. The molecule has 1 nitrogen and oxygen atoms in total. The smallest absolute Gasteiger partial charge is 0.0210 e. The number of rotatable bonds is 3. The van der Waals surface area contributed by atoms with Gasteiger partial charge in [0, 0.05) is 12.6 Å². The Kier molecular flexibility index (Phi) is 3.21. The van der Waals surface area contributed by atoms with Gasteiger partial charge in [-0.05, 0) is 54.1 Å². The van der Waals surface area contributed by atoms with E-state index in [9.17, 15) is 0 Å². The predicted octanol–water partition coefficient (Wildman–Crippen LogP) is 4.16. The SMILES string of the molecule is Cc1ccccc1CN[C@H]1C[C@H]2C[C@@H]([C@@H]1C)C2(C)C. The van der Waals surface area contributed by atoms with E-state index in [1.807, 2.05) is 0 Å². The zero-order valence-corrected chi connectivity index (χ0v) is 12.7. The molecule has 0 amide bonds. The minimum atomic E-state index is 0.597. The van der Waals surface area contributed by atoms with Crippen LogP contribution in [0.3, 0.4) is 0 Å². The third kappa shape index (κ3) is 2.12. The fraction of sp³-hybridized carbons (Fsp3) is 0.667. The van der Waals surface area contributed by atoms with Gasteiger partial charge in [0.25, 0.3) is 0 Å². The highest BCUT2D eigenvalue weighted by atomic mass is 14.9. The minimum Gasteiger partial charge on any atom is -0.310 e. The molecule has 104 valence electrons. The molecule has 3 aliphatic rings. The number of fused-ring (bicyclic) bond motifs is 2. The molecule has 1 aromatic carbocycles. The van der Waals surface area contributed by atoms with E-state index in [1.165, 1.54) is 24.0 Å². The van der Waals surface area contributed by atoms with Crippen LogP contribution in [0.25, 0.3) is 0 Å². The van der Waals surface area contributed by atoms with Crippen LogP contribution in [-0.4, -0.2) is 6.04 Å². The molecule has 4 rings (SSSR count). The largest absolute Gasteiger partial charge is 0.310 e. The van der Waals surface area contributed by atoms with Crippen molar-refractivity contribution in [3.05, 3.63) is 35.4 Å². The topological polar surface area (TPSA) is 12.0 Å². The maximum absolute atomic E-state index is 3.83. The summed E-state index contributed by atoms with van der Waals surface area (Å²) in [6.45, 7) is 10.6. The Balaban J connectivity index is 1.62. The summed E-state index contributed by atoms with van der Waals surface area (Å²) >= 11 is 0. The monoisotopic (exact) mass is 257 g/mol. The van der Waals surface area contributed by atoms with Crippen LogP contribution >= 0.6 is 0 Å².